The van der Waals surface area contributed by atoms with E-state index in [4.69, 9.17) is 9.52 Å². The lowest BCUT2D eigenvalue weighted by Gasteiger charge is -2.04. The van der Waals surface area contributed by atoms with Crippen molar-refractivity contribution in [1.82, 2.24) is 5.32 Å². The van der Waals surface area contributed by atoms with Crippen molar-refractivity contribution in [1.29, 1.82) is 0 Å². The second kappa shape index (κ2) is 5.71. The van der Waals surface area contributed by atoms with Crippen LogP contribution in [0.3, 0.4) is 0 Å². The van der Waals surface area contributed by atoms with Crippen molar-refractivity contribution in [2.75, 3.05) is 0 Å². The van der Waals surface area contributed by atoms with Crippen molar-refractivity contribution in [2.45, 2.75) is 26.9 Å². The van der Waals surface area contributed by atoms with E-state index in [2.05, 4.69) is 36.5 Å². The zero-order valence-corrected chi connectivity index (χ0v) is 11.1. The third-order valence-corrected chi connectivity index (χ3v) is 3.00. The molecular formula is C15H17NO3. The first-order valence-corrected chi connectivity index (χ1v) is 6.15. The maximum Gasteiger partial charge on any atom is 0.371 e. The second-order valence-electron chi connectivity index (χ2n) is 4.59. The number of carboxylic acid groups (broad SMARTS) is 1. The minimum Gasteiger partial charge on any atom is -0.475 e. The third kappa shape index (κ3) is 3.45. The summed E-state index contributed by atoms with van der Waals surface area (Å²) >= 11 is 0. The van der Waals surface area contributed by atoms with E-state index >= 15 is 0 Å². The monoisotopic (exact) mass is 259 g/mol. The van der Waals surface area contributed by atoms with Gasteiger partial charge in [0.25, 0.3) is 0 Å². The van der Waals surface area contributed by atoms with Crippen LogP contribution in [0.4, 0.5) is 0 Å². The molecule has 0 unspecified atom stereocenters. The van der Waals surface area contributed by atoms with E-state index < -0.39 is 5.97 Å². The number of furan rings is 1. The number of aromatic carboxylic acids is 1. The second-order valence-corrected chi connectivity index (χ2v) is 4.59. The lowest BCUT2D eigenvalue weighted by Crippen LogP contribution is -2.12. The van der Waals surface area contributed by atoms with Crippen molar-refractivity contribution in [2.24, 2.45) is 0 Å². The lowest BCUT2D eigenvalue weighted by atomic mass is 10.1. The van der Waals surface area contributed by atoms with Crippen LogP contribution in [0.15, 0.2) is 34.7 Å². The molecule has 0 atom stereocenters. The molecular weight excluding hydrogens is 242 g/mol. The number of hydrogen-bond acceptors (Lipinski definition) is 3. The van der Waals surface area contributed by atoms with Gasteiger partial charge in [-0.25, -0.2) is 4.79 Å². The van der Waals surface area contributed by atoms with Gasteiger partial charge in [0.2, 0.25) is 5.76 Å². The fraction of sp³-hybridized carbons (Fsp3) is 0.267. The molecule has 1 heterocycles. The Bertz CT molecular complexity index is 570. The molecule has 2 aromatic rings. The summed E-state index contributed by atoms with van der Waals surface area (Å²) in [6.45, 7) is 5.17. The summed E-state index contributed by atoms with van der Waals surface area (Å²) in [5.41, 5.74) is 3.32. The van der Waals surface area contributed by atoms with Gasteiger partial charge < -0.3 is 14.8 Å². The molecule has 2 rings (SSSR count). The van der Waals surface area contributed by atoms with Gasteiger partial charge in [-0.05, 0) is 25.5 Å². The van der Waals surface area contributed by atoms with Crippen molar-refractivity contribution in [3.05, 3.63) is 58.5 Å². The molecule has 0 fully saturated rings. The Morgan fingerprint density at radius 2 is 1.89 bits per heavy atom. The van der Waals surface area contributed by atoms with Gasteiger partial charge >= 0.3 is 5.97 Å². The van der Waals surface area contributed by atoms with Crippen LogP contribution in [-0.4, -0.2) is 11.1 Å². The summed E-state index contributed by atoms with van der Waals surface area (Å²) < 4.78 is 5.16. The molecule has 4 nitrogen and oxygen atoms in total. The Morgan fingerprint density at radius 1 is 1.21 bits per heavy atom. The summed E-state index contributed by atoms with van der Waals surface area (Å²) in [7, 11) is 0. The minimum atomic E-state index is -1.03. The predicted molar refractivity (Wildman–Crippen MR) is 72.1 cm³/mol. The van der Waals surface area contributed by atoms with E-state index in [1.54, 1.807) is 13.0 Å². The van der Waals surface area contributed by atoms with E-state index in [0.717, 1.165) is 12.1 Å². The number of hydrogen-bond donors (Lipinski definition) is 2. The molecule has 4 heteroatoms. The highest BCUT2D eigenvalue weighted by Gasteiger charge is 2.12. The van der Waals surface area contributed by atoms with Crippen LogP contribution in [0.25, 0.3) is 0 Å². The molecule has 1 aromatic carbocycles. The molecule has 0 saturated carbocycles. The highest BCUT2D eigenvalue weighted by Crippen LogP contribution is 2.14. The van der Waals surface area contributed by atoms with Gasteiger partial charge in [0.1, 0.15) is 5.76 Å². The molecule has 19 heavy (non-hydrogen) atoms. The maximum absolute atomic E-state index is 10.8. The summed E-state index contributed by atoms with van der Waals surface area (Å²) in [5, 5.41) is 12.1. The normalized spacial score (nSPS) is 10.6. The topological polar surface area (TPSA) is 62.5 Å². The molecule has 1 aromatic heterocycles. The van der Waals surface area contributed by atoms with Gasteiger partial charge in [-0.2, -0.15) is 0 Å². The Balaban J connectivity index is 1.92. The standard InChI is InChI=1S/C15H17NO3/c1-10-3-5-12(6-4-10)8-16-9-13-7-14(15(17)18)19-11(13)2/h3-7,16H,8-9H2,1-2H3,(H,17,18). The van der Waals surface area contributed by atoms with E-state index in [1.807, 2.05) is 0 Å². The summed E-state index contributed by atoms with van der Waals surface area (Å²) in [5.74, 6) is -0.397. The first kappa shape index (κ1) is 13.4. The summed E-state index contributed by atoms with van der Waals surface area (Å²) in [6, 6.07) is 9.87. The summed E-state index contributed by atoms with van der Waals surface area (Å²) in [6.07, 6.45) is 0. The molecule has 0 bridgehead atoms. The first-order chi connectivity index (χ1) is 9.06. The van der Waals surface area contributed by atoms with Crippen molar-refractivity contribution in [3.63, 3.8) is 0 Å². The highest BCUT2D eigenvalue weighted by atomic mass is 16.4. The lowest BCUT2D eigenvalue weighted by molar-refractivity contribution is 0.0661. The minimum absolute atomic E-state index is 0.00960. The van der Waals surface area contributed by atoms with Crippen LogP contribution < -0.4 is 5.32 Å². The number of rotatable bonds is 5. The van der Waals surface area contributed by atoms with Crippen molar-refractivity contribution >= 4 is 5.97 Å². The predicted octanol–water partition coefficient (Wildman–Crippen LogP) is 2.88. The maximum atomic E-state index is 10.8. The zero-order chi connectivity index (χ0) is 13.8. The molecule has 0 aliphatic heterocycles. The SMILES string of the molecule is Cc1ccc(CNCc2cc(C(=O)O)oc2C)cc1. The van der Waals surface area contributed by atoms with Crippen LogP contribution in [0.5, 0.6) is 0 Å². The number of benzene rings is 1. The van der Waals surface area contributed by atoms with Crippen LogP contribution in [0, 0.1) is 13.8 Å². The van der Waals surface area contributed by atoms with E-state index in [9.17, 15) is 4.79 Å². The molecule has 0 radical (unpaired) electrons. The molecule has 0 aliphatic rings. The molecule has 100 valence electrons. The zero-order valence-electron chi connectivity index (χ0n) is 11.1. The van der Waals surface area contributed by atoms with E-state index in [-0.39, 0.29) is 5.76 Å². The number of aryl methyl sites for hydroxylation is 2. The van der Waals surface area contributed by atoms with Gasteiger partial charge in [-0.15, -0.1) is 0 Å². The molecule has 0 saturated heterocycles. The molecule has 0 amide bonds. The Labute approximate surface area is 112 Å². The Kier molecular flexibility index (Phi) is 4.02. The van der Waals surface area contributed by atoms with Crippen LogP contribution in [0.1, 0.15) is 33.0 Å². The van der Waals surface area contributed by atoms with E-state index in [0.29, 0.717) is 12.3 Å². The molecule has 2 N–H and O–H groups in total. The van der Waals surface area contributed by atoms with Gasteiger partial charge in [0.05, 0.1) is 0 Å². The fourth-order valence-electron chi connectivity index (χ4n) is 1.85. The van der Waals surface area contributed by atoms with Gasteiger partial charge in [-0.1, -0.05) is 29.8 Å². The smallest absolute Gasteiger partial charge is 0.371 e. The number of carboxylic acids is 1. The Hall–Kier alpha value is -2.07. The molecule has 0 aliphatic carbocycles. The van der Waals surface area contributed by atoms with Crippen molar-refractivity contribution in [3.8, 4) is 0 Å². The average molecular weight is 259 g/mol. The van der Waals surface area contributed by atoms with Gasteiger partial charge in [0.15, 0.2) is 0 Å². The quantitative estimate of drug-likeness (QED) is 0.866. The van der Waals surface area contributed by atoms with E-state index in [1.165, 1.54) is 11.1 Å². The number of nitrogens with one attached hydrogen (secondary N) is 1. The largest absolute Gasteiger partial charge is 0.475 e. The first-order valence-electron chi connectivity index (χ1n) is 6.15. The summed E-state index contributed by atoms with van der Waals surface area (Å²) in [4.78, 5) is 10.8. The van der Waals surface area contributed by atoms with Crippen LogP contribution in [0.2, 0.25) is 0 Å². The Morgan fingerprint density at radius 3 is 2.47 bits per heavy atom. The highest BCUT2D eigenvalue weighted by molar-refractivity contribution is 5.84. The third-order valence-electron chi connectivity index (χ3n) is 3.00. The number of carbonyl (C=O) groups is 1. The average Bonchev–Trinajstić information content (AvgIpc) is 2.74. The van der Waals surface area contributed by atoms with Crippen LogP contribution in [-0.2, 0) is 13.1 Å². The van der Waals surface area contributed by atoms with Crippen LogP contribution >= 0.6 is 0 Å². The van der Waals surface area contributed by atoms with Gasteiger partial charge in [-0.3, -0.25) is 0 Å². The fourth-order valence-corrected chi connectivity index (χ4v) is 1.85. The van der Waals surface area contributed by atoms with Crippen molar-refractivity contribution < 1.29 is 14.3 Å². The molecule has 0 spiro atoms. The van der Waals surface area contributed by atoms with Gasteiger partial charge in [0, 0.05) is 18.7 Å².